The average Bonchev–Trinajstić information content (AvgIpc) is 3.38. The highest BCUT2D eigenvalue weighted by Gasteiger charge is 2.29. The number of ether oxygens (including phenoxy) is 1. The highest BCUT2D eigenvalue weighted by atomic mass is 19.1. The van der Waals surface area contributed by atoms with Crippen LogP contribution < -0.4 is 5.32 Å². The van der Waals surface area contributed by atoms with E-state index in [1.165, 1.54) is 18.2 Å². The Balaban J connectivity index is 1.82. The van der Waals surface area contributed by atoms with Crippen LogP contribution in [0.1, 0.15) is 78.7 Å². The largest absolute Gasteiger partial charge is 0.481 e. The van der Waals surface area contributed by atoms with Crippen molar-refractivity contribution in [2.45, 2.75) is 71.4 Å². The lowest BCUT2D eigenvalue weighted by atomic mass is 9.94. The maximum atomic E-state index is 14.2. The van der Waals surface area contributed by atoms with Crippen LogP contribution in [-0.4, -0.2) is 56.0 Å². The van der Waals surface area contributed by atoms with Gasteiger partial charge in [0.2, 0.25) is 0 Å². The Hall–Kier alpha value is -5.06. The molecule has 4 rings (SSSR count). The van der Waals surface area contributed by atoms with E-state index in [2.05, 4.69) is 5.32 Å². The molecule has 10 heteroatoms. The van der Waals surface area contributed by atoms with E-state index in [4.69, 9.17) is 9.84 Å². The van der Waals surface area contributed by atoms with E-state index in [-0.39, 0.29) is 31.0 Å². The molecular formula is C38H41FN2O7. The number of carbonyl (C=O) groups is 3. The first-order valence-corrected chi connectivity index (χ1v) is 15.8. The molecule has 0 saturated carbocycles. The molecule has 0 radical (unpaired) electrons. The standard InChI is InChI=1S/C38H41FN2O7/c1-23(2)41-32(19-18-30(42)20-31(43)21-33(44)45)34(27-14-16-29(39)17-15-27)35(26-8-6-5-7-9-26)36(41)37(46)40-22-25-10-12-28(13-11-25)38(47)48-24(3)4/h5-19,23-24,30-31,42-43H,20-22H2,1-4H3,(H,40,46)(H,44,45)/t30-,31-/m1/s1. The fourth-order valence-electron chi connectivity index (χ4n) is 5.48. The third-order valence-corrected chi connectivity index (χ3v) is 7.56. The van der Waals surface area contributed by atoms with Gasteiger partial charge in [0, 0.05) is 35.8 Å². The summed E-state index contributed by atoms with van der Waals surface area (Å²) in [6.45, 7) is 7.54. The van der Waals surface area contributed by atoms with Gasteiger partial charge in [-0.15, -0.1) is 0 Å². The number of aliphatic carboxylic acids is 1. The van der Waals surface area contributed by atoms with Crippen molar-refractivity contribution in [3.8, 4) is 22.3 Å². The lowest BCUT2D eigenvalue weighted by Gasteiger charge is -2.17. The summed E-state index contributed by atoms with van der Waals surface area (Å²) < 4.78 is 21.2. The molecule has 0 aliphatic rings. The van der Waals surface area contributed by atoms with Crippen LogP contribution in [0.25, 0.3) is 28.3 Å². The van der Waals surface area contributed by atoms with Gasteiger partial charge in [0.05, 0.1) is 30.3 Å². The molecule has 0 aliphatic heterocycles. The second-order valence-corrected chi connectivity index (χ2v) is 12.1. The number of aliphatic hydroxyl groups excluding tert-OH is 2. The van der Waals surface area contributed by atoms with E-state index >= 15 is 0 Å². The molecule has 1 aromatic heterocycles. The van der Waals surface area contributed by atoms with Gasteiger partial charge in [-0.2, -0.15) is 0 Å². The first kappa shape index (κ1) is 35.8. The summed E-state index contributed by atoms with van der Waals surface area (Å²) in [5.74, 6) is -2.42. The number of esters is 1. The van der Waals surface area contributed by atoms with Crippen molar-refractivity contribution in [1.29, 1.82) is 0 Å². The molecule has 0 saturated heterocycles. The molecular weight excluding hydrogens is 615 g/mol. The zero-order valence-electron chi connectivity index (χ0n) is 27.4. The average molecular weight is 657 g/mol. The van der Waals surface area contributed by atoms with Gasteiger partial charge < -0.3 is 29.9 Å². The number of benzene rings is 3. The fourth-order valence-corrected chi connectivity index (χ4v) is 5.48. The van der Waals surface area contributed by atoms with Gasteiger partial charge in [0.25, 0.3) is 5.91 Å². The molecule has 0 aliphatic carbocycles. The number of hydrogen-bond acceptors (Lipinski definition) is 6. The number of carboxylic acids is 1. The minimum atomic E-state index is -1.26. The van der Waals surface area contributed by atoms with Crippen molar-refractivity contribution in [2.75, 3.05) is 0 Å². The number of aliphatic hydroxyl groups is 2. The maximum absolute atomic E-state index is 14.2. The number of aromatic nitrogens is 1. The van der Waals surface area contributed by atoms with Gasteiger partial charge in [-0.3, -0.25) is 9.59 Å². The number of carbonyl (C=O) groups excluding carboxylic acids is 2. The minimum absolute atomic E-state index is 0.160. The van der Waals surface area contributed by atoms with Crippen molar-refractivity contribution in [3.63, 3.8) is 0 Å². The predicted molar refractivity (Wildman–Crippen MR) is 182 cm³/mol. The highest BCUT2D eigenvalue weighted by molar-refractivity contribution is 6.06. The monoisotopic (exact) mass is 656 g/mol. The molecule has 4 N–H and O–H groups in total. The van der Waals surface area contributed by atoms with Crippen molar-refractivity contribution >= 4 is 23.9 Å². The normalized spacial score (nSPS) is 12.8. The zero-order chi connectivity index (χ0) is 35.0. The molecule has 0 spiro atoms. The number of nitrogens with zero attached hydrogens (tertiary/aromatic N) is 1. The van der Waals surface area contributed by atoms with Gasteiger partial charge >= 0.3 is 11.9 Å². The van der Waals surface area contributed by atoms with Crippen LogP contribution in [0.15, 0.2) is 84.9 Å². The Morgan fingerprint density at radius 1 is 0.875 bits per heavy atom. The van der Waals surface area contributed by atoms with E-state index in [1.54, 1.807) is 56.3 Å². The summed E-state index contributed by atoms with van der Waals surface area (Å²) >= 11 is 0. The van der Waals surface area contributed by atoms with Crippen molar-refractivity contribution in [2.24, 2.45) is 0 Å². The van der Waals surface area contributed by atoms with Gasteiger partial charge in [0.15, 0.2) is 0 Å². The molecule has 2 atom stereocenters. The Bertz CT molecular complexity index is 1740. The summed E-state index contributed by atoms with van der Waals surface area (Å²) in [4.78, 5) is 37.6. The molecule has 0 unspecified atom stereocenters. The first-order chi connectivity index (χ1) is 22.8. The number of rotatable bonds is 14. The lowest BCUT2D eigenvalue weighted by molar-refractivity contribution is -0.139. The van der Waals surface area contributed by atoms with E-state index < -0.39 is 36.4 Å². The fraction of sp³-hybridized carbons (Fsp3) is 0.289. The number of amides is 1. The Kier molecular flexibility index (Phi) is 12.1. The third kappa shape index (κ3) is 9.05. The molecule has 1 heterocycles. The van der Waals surface area contributed by atoms with Crippen molar-refractivity contribution < 1.29 is 38.8 Å². The molecule has 48 heavy (non-hydrogen) atoms. The van der Waals surface area contributed by atoms with Crippen LogP contribution in [0.4, 0.5) is 4.39 Å². The Morgan fingerprint density at radius 3 is 2.08 bits per heavy atom. The van der Waals surface area contributed by atoms with Gasteiger partial charge in [-0.05, 0) is 74.7 Å². The summed E-state index contributed by atoms with van der Waals surface area (Å²) in [5, 5.41) is 32.8. The van der Waals surface area contributed by atoms with Crippen LogP contribution in [0.5, 0.6) is 0 Å². The van der Waals surface area contributed by atoms with Crippen LogP contribution in [-0.2, 0) is 16.1 Å². The Labute approximate surface area is 279 Å². The zero-order valence-corrected chi connectivity index (χ0v) is 27.4. The highest BCUT2D eigenvalue weighted by Crippen LogP contribution is 2.42. The smallest absolute Gasteiger partial charge is 0.338 e. The third-order valence-electron chi connectivity index (χ3n) is 7.56. The van der Waals surface area contributed by atoms with Crippen molar-refractivity contribution in [1.82, 2.24) is 9.88 Å². The van der Waals surface area contributed by atoms with Gasteiger partial charge in [-0.25, -0.2) is 9.18 Å². The summed E-state index contributed by atoms with van der Waals surface area (Å²) in [5.41, 5.74) is 4.65. The van der Waals surface area contributed by atoms with Crippen LogP contribution in [0, 0.1) is 5.82 Å². The van der Waals surface area contributed by atoms with Crippen LogP contribution >= 0.6 is 0 Å². The maximum Gasteiger partial charge on any atom is 0.338 e. The quantitative estimate of drug-likeness (QED) is 0.112. The van der Waals surface area contributed by atoms with Gasteiger partial charge in [-0.1, -0.05) is 60.7 Å². The predicted octanol–water partition coefficient (Wildman–Crippen LogP) is 6.64. The molecule has 3 aromatic carbocycles. The second kappa shape index (κ2) is 16.2. The molecule has 9 nitrogen and oxygen atoms in total. The lowest BCUT2D eigenvalue weighted by Crippen LogP contribution is -2.27. The topological polar surface area (TPSA) is 138 Å². The number of hydrogen-bond donors (Lipinski definition) is 4. The first-order valence-electron chi connectivity index (χ1n) is 15.8. The van der Waals surface area contributed by atoms with Crippen LogP contribution in [0.3, 0.4) is 0 Å². The number of halogens is 1. The number of nitrogens with one attached hydrogen (secondary N) is 1. The molecule has 0 fully saturated rings. The molecule has 252 valence electrons. The van der Waals surface area contributed by atoms with E-state index in [0.717, 1.165) is 11.1 Å². The van der Waals surface area contributed by atoms with Gasteiger partial charge in [0.1, 0.15) is 11.5 Å². The molecule has 4 aromatic rings. The summed E-state index contributed by atoms with van der Waals surface area (Å²) in [6.07, 6.45) is -0.311. The molecule has 1 amide bonds. The van der Waals surface area contributed by atoms with Crippen LogP contribution in [0.2, 0.25) is 0 Å². The van der Waals surface area contributed by atoms with E-state index in [9.17, 15) is 29.0 Å². The summed E-state index contributed by atoms with van der Waals surface area (Å²) in [6, 6.07) is 21.8. The second-order valence-electron chi connectivity index (χ2n) is 12.1. The van der Waals surface area contributed by atoms with Crippen molar-refractivity contribution in [3.05, 3.63) is 113 Å². The number of carboxylic acid groups (broad SMARTS) is 1. The van der Waals surface area contributed by atoms with E-state index in [1.807, 2.05) is 48.7 Å². The van der Waals surface area contributed by atoms with E-state index in [0.29, 0.717) is 33.6 Å². The SMILES string of the molecule is CC(C)OC(=O)c1ccc(CNC(=O)c2c(-c3ccccc3)c(-c3ccc(F)cc3)c(C=C[C@@H](O)C[C@@H](O)CC(=O)O)n2C(C)C)cc1. The minimum Gasteiger partial charge on any atom is -0.481 e. The Morgan fingerprint density at radius 2 is 1.50 bits per heavy atom. The summed E-state index contributed by atoms with van der Waals surface area (Å²) in [7, 11) is 0. The molecule has 0 bridgehead atoms.